The molecule has 1 amide bonds. The van der Waals surface area contributed by atoms with Gasteiger partial charge >= 0.3 is 5.97 Å². The molecule has 0 saturated carbocycles. The third-order valence-corrected chi connectivity index (χ3v) is 1.50. The number of carbonyl (C=O) groups is 3. The van der Waals surface area contributed by atoms with E-state index >= 15 is 0 Å². The first-order chi connectivity index (χ1) is 6.45. The quantitative estimate of drug-likeness (QED) is 0.601. The lowest BCUT2D eigenvalue weighted by Gasteiger charge is -2.11. The molecule has 0 bridgehead atoms. The van der Waals surface area contributed by atoms with E-state index < -0.39 is 12.0 Å². The molecule has 14 heavy (non-hydrogen) atoms. The minimum Gasteiger partial charge on any atom is -0.481 e. The van der Waals surface area contributed by atoms with Gasteiger partial charge in [-0.1, -0.05) is 13.8 Å². The second-order valence-electron chi connectivity index (χ2n) is 3.51. The predicted molar refractivity (Wildman–Crippen MR) is 49.7 cm³/mol. The van der Waals surface area contributed by atoms with Crippen LogP contribution < -0.4 is 5.32 Å². The van der Waals surface area contributed by atoms with Gasteiger partial charge in [-0.3, -0.25) is 9.59 Å². The lowest BCUT2D eigenvalue weighted by Crippen LogP contribution is -2.38. The molecular formula is C9H15NO4. The Hall–Kier alpha value is -1.39. The number of carboxylic acids is 1. The number of carbonyl (C=O) groups excluding carboxylic acids is 2. The van der Waals surface area contributed by atoms with Crippen LogP contribution in [0.4, 0.5) is 0 Å². The number of carboxylic acid groups (broad SMARTS) is 1. The van der Waals surface area contributed by atoms with Gasteiger partial charge in [0.1, 0.15) is 6.29 Å². The normalized spacial score (nSPS) is 12.2. The highest BCUT2D eigenvalue weighted by molar-refractivity contribution is 5.82. The summed E-state index contributed by atoms with van der Waals surface area (Å²) in [5.41, 5.74) is 0. The van der Waals surface area contributed by atoms with Crippen molar-refractivity contribution in [2.45, 2.75) is 32.7 Å². The summed E-state index contributed by atoms with van der Waals surface area (Å²) in [6.07, 6.45) is 0.365. The molecule has 1 unspecified atom stereocenters. The first-order valence-electron chi connectivity index (χ1n) is 4.42. The number of nitrogens with one attached hydrogen (secondary N) is 1. The Balaban J connectivity index is 3.98. The van der Waals surface area contributed by atoms with Crippen molar-refractivity contribution in [2.24, 2.45) is 5.92 Å². The van der Waals surface area contributed by atoms with Gasteiger partial charge in [-0.05, 0) is 5.92 Å². The lowest BCUT2D eigenvalue weighted by atomic mass is 10.1. The van der Waals surface area contributed by atoms with Crippen molar-refractivity contribution in [1.82, 2.24) is 5.32 Å². The Labute approximate surface area is 82.5 Å². The molecule has 0 radical (unpaired) electrons. The van der Waals surface area contributed by atoms with Gasteiger partial charge in [0.2, 0.25) is 5.91 Å². The molecule has 0 heterocycles. The van der Waals surface area contributed by atoms with Gasteiger partial charge in [0.05, 0.1) is 12.5 Å². The molecule has 5 heteroatoms. The molecule has 0 fully saturated rings. The van der Waals surface area contributed by atoms with Crippen molar-refractivity contribution < 1.29 is 19.5 Å². The fourth-order valence-corrected chi connectivity index (χ4v) is 0.958. The molecule has 0 aliphatic rings. The Morgan fingerprint density at radius 2 is 1.93 bits per heavy atom. The van der Waals surface area contributed by atoms with E-state index in [2.05, 4.69) is 5.32 Å². The van der Waals surface area contributed by atoms with Crippen molar-refractivity contribution in [1.29, 1.82) is 0 Å². The number of hydrogen-bond acceptors (Lipinski definition) is 3. The van der Waals surface area contributed by atoms with E-state index in [1.807, 2.05) is 13.8 Å². The highest BCUT2D eigenvalue weighted by Gasteiger charge is 2.15. The van der Waals surface area contributed by atoms with Crippen LogP contribution in [0.25, 0.3) is 0 Å². The van der Waals surface area contributed by atoms with Crippen LogP contribution in [-0.2, 0) is 14.4 Å². The average molecular weight is 201 g/mol. The zero-order valence-corrected chi connectivity index (χ0v) is 8.32. The lowest BCUT2D eigenvalue weighted by molar-refractivity contribution is -0.138. The highest BCUT2D eigenvalue weighted by atomic mass is 16.4. The molecule has 0 aromatic carbocycles. The largest absolute Gasteiger partial charge is 0.481 e. The molecule has 5 nitrogen and oxygen atoms in total. The second-order valence-corrected chi connectivity index (χ2v) is 3.51. The van der Waals surface area contributed by atoms with E-state index in [0.29, 0.717) is 12.7 Å². The van der Waals surface area contributed by atoms with Crippen LogP contribution in [0.3, 0.4) is 0 Å². The number of aldehydes is 1. The maximum Gasteiger partial charge on any atom is 0.305 e. The monoisotopic (exact) mass is 201 g/mol. The van der Waals surface area contributed by atoms with E-state index in [9.17, 15) is 14.4 Å². The summed E-state index contributed by atoms with van der Waals surface area (Å²) in [5.74, 6) is -1.21. The highest BCUT2D eigenvalue weighted by Crippen LogP contribution is 1.99. The van der Waals surface area contributed by atoms with Crippen LogP contribution in [-0.4, -0.2) is 29.3 Å². The van der Waals surface area contributed by atoms with Gasteiger partial charge < -0.3 is 15.2 Å². The molecule has 0 aromatic heterocycles. The van der Waals surface area contributed by atoms with Crippen molar-refractivity contribution in [3.8, 4) is 0 Å². The molecule has 2 N–H and O–H groups in total. The SMILES string of the molecule is CC(C)CC(=O)NC(C=O)CC(=O)O. The third-order valence-electron chi connectivity index (χ3n) is 1.50. The van der Waals surface area contributed by atoms with E-state index in [0.717, 1.165) is 0 Å². The Kier molecular flexibility index (Phi) is 5.52. The van der Waals surface area contributed by atoms with Crippen LogP contribution in [0.1, 0.15) is 26.7 Å². The van der Waals surface area contributed by atoms with Crippen LogP contribution in [0.15, 0.2) is 0 Å². The topological polar surface area (TPSA) is 83.5 Å². The Morgan fingerprint density at radius 3 is 2.29 bits per heavy atom. The zero-order chi connectivity index (χ0) is 11.1. The minimum atomic E-state index is -1.10. The van der Waals surface area contributed by atoms with Crippen molar-refractivity contribution in [3.05, 3.63) is 0 Å². The summed E-state index contributed by atoms with van der Waals surface area (Å²) < 4.78 is 0. The summed E-state index contributed by atoms with van der Waals surface area (Å²) in [6.45, 7) is 3.74. The third kappa shape index (κ3) is 6.16. The minimum absolute atomic E-state index is 0.187. The molecule has 0 aliphatic heterocycles. The van der Waals surface area contributed by atoms with E-state index in [1.165, 1.54) is 0 Å². The van der Waals surface area contributed by atoms with Gasteiger partial charge in [0.25, 0.3) is 0 Å². The number of rotatable bonds is 6. The van der Waals surface area contributed by atoms with Crippen LogP contribution in [0, 0.1) is 5.92 Å². The maximum absolute atomic E-state index is 11.1. The molecule has 0 aromatic rings. The fraction of sp³-hybridized carbons (Fsp3) is 0.667. The number of hydrogen-bond donors (Lipinski definition) is 2. The van der Waals surface area contributed by atoms with Crippen LogP contribution in [0.5, 0.6) is 0 Å². The summed E-state index contributed by atoms with van der Waals surface area (Å²) in [5, 5.41) is 10.7. The van der Waals surface area contributed by atoms with Gasteiger partial charge in [-0.15, -0.1) is 0 Å². The van der Waals surface area contributed by atoms with E-state index in [-0.39, 0.29) is 18.2 Å². The number of aliphatic carboxylic acids is 1. The standard InChI is InChI=1S/C9H15NO4/c1-6(2)3-8(12)10-7(5-11)4-9(13)14/h5-7H,3-4H2,1-2H3,(H,10,12)(H,13,14). The van der Waals surface area contributed by atoms with Crippen molar-refractivity contribution in [2.75, 3.05) is 0 Å². The smallest absolute Gasteiger partial charge is 0.305 e. The van der Waals surface area contributed by atoms with Crippen molar-refractivity contribution >= 4 is 18.2 Å². The first kappa shape index (κ1) is 12.6. The number of amides is 1. The van der Waals surface area contributed by atoms with Gasteiger partial charge in [-0.2, -0.15) is 0 Å². The van der Waals surface area contributed by atoms with Gasteiger partial charge in [0, 0.05) is 6.42 Å². The predicted octanol–water partition coefficient (Wildman–Crippen LogP) is 0.191. The summed E-state index contributed by atoms with van der Waals surface area (Å²) in [7, 11) is 0. The second kappa shape index (κ2) is 6.12. The average Bonchev–Trinajstić information content (AvgIpc) is 2.00. The summed E-state index contributed by atoms with van der Waals surface area (Å²) in [6, 6.07) is -0.918. The summed E-state index contributed by atoms with van der Waals surface area (Å²) in [4.78, 5) is 31.8. The van der Waals surface area contributed by atoms with E-state index in [4.69, 9.17) is 5.11 Å². The molecule has 80 valence electrons. The molecule has 0 saturated heterocycles. The van der Waals surface area contributed by atoms with Gasteiger partial charge in [0.15, 0.2) is 0 Å². The first-order valence-corrected chi connectivity index (χ1v) is 4.42. The molecular weight excluding hydrogens is 186 g/mol. The van der Waals surface area contributed by atoms with E-state index in [1.54, 1.807) is 0 Å². The van der Waals surface area contributed by atoms with Crippen molar-refractivity contribution in [3.63, 3.8) is 0 Å². The Morgan fingerprint density at radius 1 is 1.36 bits per heavy atom. The van der Waals surface area contributed by atoms with Crippen LogP contribution >= 0.6 is 0 Å². The molecule has 0 spiro atoms. The molecule has 0 aliphatic carbocycles. The van der Waals surface area contributed by atoms with Gasteiger partial charge in [-0.25, -0.2) is 0 Å². The van der Waals surface area contributed by atoms with Crippen LogP contribution in [0.2, 0.25) is 0 Å². The Bertz CT molecular complexity index is 225. The maximum atomic E-state index is 11.1. The zero-order valence-electron chi connectivity index (χ0n) is 8.32. The molecule has 0 rings (SSSR count). The summed E-state index contributed by atoms with van der Waals surface area (Å²) >= 11 is 0. The fourth-order valence-electron chi connectivity index (χ4n) is 0.958. The molecule has 1 atom stereocenters.